The van der Waals surface area contributed by atoms with Crippen molar-refractivity contribution in [2.75, 3.05) is 13.1 Å². The van der Waals surface area contributed by atoms with Crippen molar-refractivity contribution in [3.8, 4) is 0 Å². The highest BCUT2D eigenvalue weighted by Gasteiger charge is 2.33. The van der Waals surface area contributed by atoms with Crippen LogP contribution in [0, 0.1) is 11.8 Å². The van der Waals surface area contributed by atoms with Gasteiger partial charge in [0, 0.05) is 24.6 Å². The first-order chi connectivity index (χ1) is 15.8. The zero-order valence-electron chi connectivity index (χ0n) is 19.7. The fraction of sp³-hybridized carbons (Fsp3) is 0.462. The van der Waals surface area contributed by atoms with Crippen LogP contribution >= 0.6 is 0 Å². The van der Waals surface area contributed by atoms with Crippen molar-refractivity contribution in [2.45, 2.75) is 57.4 Å². The van der Waals surface area contributed by atoms with Crippen LogP contribution in [0.1, 0.15) is 68.4 Å². The van der Waals surface area contributed by atoms with E-state index in [2.05, 4.69) is 31.3 Å². The van der Waals surface area contributed by atoms with Gasteiger partial charge in [0.15, 0.2) is 5.78 Å². The molecule has 1 aliphatic heterocycles. The molecule has 2 aromatic rings. The summed E-state index contributed by atoms with van der Waals surface area (Å²) < 4.78 is 27.5. The quantitative estimate of drug-likeness (QED) is 0.544. The Hall–Kier alpha value is -2.51. The van der Waals surface area contributed by atoms with E-state index in [4.69, 9.17) is 0 Å². The van der Waals surface area contributed by atoms with Gasteiger partial charge in [-0.05, 0) is 43.4 Å². The minimum atomic E-state index is -3.65. The summed E-state index contributed by atoms with van der Waals surface area (Å²) in [7, 11) is -3.65. The normalized spacial score (nSPS) is 16.5. The number of nitrogens with zero attached hydrogens (tertiary/aromatic N) is 1. The van der Waals surface area contributed by atoms with Crippen molar-refractivity contribution in [1.82, 2.24) is 9.62 Å². The predicted molar refractivity (Wildman–Crippen MR) is 129 cm³/mol. The van der Waals surface area contributed by atoms with Gasteiger partial charge in [-0.3, -0.25) is 9.59 Å². The number of hydrogen-bond donors (Lipinski definition) is 1. The number of benzene rings is 2. The number of hydrogen-bond acceptors (Lipinski definition) is 4. The molecular formula is C26H34N2O4S. The van der Waals surface area contributed by atoms with Crippen LogP contribution in [-0.4, -0.2) is 37.5 Å². The molecule has 0 bridgehead atoms. The van der Waals surface area contributed by atoms with Gasteiger partial charge >= 0.3 is 0 Å². The molecule has 2 aromatic carbocycles. The minimum absolute atomic E-state index is 0.00129. The lowest BCUT2D eigenvalue weighted by Gasteiger charge is -2.33. The number of amides is 1. The Morgan fingerprint density at radius 2 is 1.55 bits per heavy atom. The molecule has 1 unspecified atom stereocenters. The van der Waals surface area contributed by atoms with Crippen LogP contribution in [0.4, 0.5) is 0 Å². The van der Waals surface area contributed by atoms with E-state index >= 15 is 0 Å². The fourth-order valence-corrected chi connectivity index (χ4v) is 6.00. The molecule has 1 saturated heterocycles. The molecule has 1 heterocycles. The Labute approximate surface area is 197 Å². The molecule has 0 saturated carbocycles. The molecule has 0 aliphatic carbocycles. The molecule has 0 radical (unpaired) electrons. The number of Topliss-reactive ketones (excluding diaryl/α,β-unsaturated/α-hetero) is 1. The van der Waals surface area contributed by atoms with Crippen molar-refractivity contribution in [3.63, 3.8) is 0 Å². The number of rotatable bonds is 9. The van der Waals surface area contributed by atoms with Crippen LogP contribution in [-0.2, 0) is 14.8 Å². The Bertz CT molecular complexity index is 1040. The van der Waals surface area contributed by atoms with Gasteiger partial charge in [-0.15, -0.1) is 0 Å². The topological polar surface area (TPSA) is 83.6 Å². The molecular weight excluding hydrogens is 436 g/mol. The first-order valence-corrected chi connectivity index (χ1v) is 13.2. The number of piperidine rings is 1. The minimum Gasteiger partial charge on any atom is -0.349 e. The van der Waals surface area contributed by atoms with Gasteiger partial charge in [-0.2, -0.15) is 4.31 Å². The third-order valence-corrected chi connectivity index (χ3v) is 8.61. The summed E-state index contributed by atoms with van der Waals surface area (Å²) in [4.78, 5) is 24.8. The average molecular weight is 471 g/mol. The largest absolute Gasteiger partial charge is 0.349 e. The van der Waals surface area contributed by atoms with Crippen LogP contribution in [0.3, 0.4) is 0 Å². The highest BCUT2D eigenvalue weighted by molar-refractivity contribution is 7.89. The molecule has 6 nitrogen and oxygen atoms in total. The smallest absolute Gasteiger partial charge is 0.243 e. The zero-order chi connectivity index (χ0) is 24.0. The Balaban J connectivity index is 1.65. The highest BCUT2D eigenvalue weighted by Crippen LogP contribution is 2.29. The van der Waals surface area contributed by atoms with Gasteiger partial charge in [0.05, 0.1) is 10.9 Å². The molecule has 0 aromatic heterocycles. The highest BCUT2D eigenvalue weighted by atomic mass is 32.2. The van der Waals surface area contributed by atoms with E-state index in [9.17, 15) is 18.0 Å². The maximum absolute atomic E-state index is 13.1. The molecule has 0 spiro atoms. The summed E-state index contributed by atoms with van der Waals surface area (Å²) >= 11 is 0. The predicted octanol–water partition coefficient (Wildman–Crippen LogP) is 4.58. The SMILES string of the molecule is CCC(CC)C(NC(=O)C1CCN(S(=O)(=O)c2ccc(C(C)=O)cc2)CC1)c1ccccc1. The Morgan fingerprint density at radius 1 is 0.970 bits per heavy atom. The number of carbonyl (C=O) groups is 2. The number of ketones is 1. The number of carbonyl (C=O) groups excluding carboxylic acids is 2. The van der Waals surface area contributed by atoms with E-state index in [-0.39, 0.29) is 28.5 Å². The molecule has 1 aliphatic rings. The van der Waals surface area contributed by atoms with Gasteiger partial charge in [0.1, 0.15) is 0 Å². The first-order valence-electron chi connectivity index (χ1n) is 11.7. The maximum Gasteiger partial charge on any atom is 0.243 e. The summed E-state index contributed by atoms with van der Waals surface area (Å²) in [5, 5.41) is 3.27. The summed E-state index contributed by atoms with van der Waals surface area (Å²) in [5.74, 6) is 0.0264. The summed E-state index contributed by atoms with van der Waals surface area (Å²) in [5.41, 5.74) is 1.59. The van der Waals surface area contributed by atoms with Gasteiger partial charge in [-0.25, -0.2) is 8.42 Å². The fourth-order valence-electron chi connectivity index (χ4n) is 4.53. The summed E-state index contributed by atoms with van der Waals surface area (Å²) in [6.45, 7) is 6.34. The Morgan fingerprint density at radius 3 is 2.06 bits per heavy atom. The third kappa shape index (κ3) is 5.89. The van der Waals surface area contributed by atoms with E-state index in [1.54, 1.807) is 0 Å². The molecule has 1 fully saturated rings. The number of sulfonamides is 1. The third-order valence-electron chi connectivity index (χ3n) is 6.70. The van der Waals surface area contributed by atoms with Crippen LogP contribution < -0.4 is 5.32 Å². The van der Waals surface area contributed by atoms with Crippen LogP contribution in [0.25, 0.3) is 0 Å². The van der Waals surface area contributed by atoms with Crippen LogP contribution in [0.5, 0.6) is 0 Å². The molecule has 7 heteroatoms. The second-order valence-electron chi connectivity index (χ2n) is 8.73. The van der Waals surface area contributed by atoms with E-state index in [1.807, 2.05) is 18.2 Å². The van der Waals surface area contributed by atoms with Gasteiger partial charge < -0.3 is 5.32 Å². The van der Waals surface area contributed by atoms with E-state index in [1.165, 1.54) is 35.5 Å². The zero-order valence-corrected chi connectivity index (χ0v) is 20.5. The Kier molecular flexibility index (Phi) is 8.43. The van der Waals surface area contributed by atoms with Crippen LogP contribution in [0.2, 0.25) is 0 Å². The van der Waals surface area contributed by atoms with Crippen molar-refractivity contribution in [2.24, 2.45) is 11.8 Å². The van der Waals surface area contributed by atoms with E-state index < -0.39 is 10.0 Å². The van der Waals surface area contributed by atoms with Crippen molar-refractivity contribution in [3.05, 3.63) is 65.7 Å². The molecule has 1 atom stereocenters. The standard InChI is InChI=1S/C26H34N2O4S/c1-4-20(5-2)25(22-9-7-6-8-10-22)27-26(30)23-15-17-28(18-16-23)33(31,32)24-13-11-21(12-14-24)19(3)29/h6-14,20,23,25H,4-5,15-18H2,1-3H3,(H,27,30). The van der Waals surface area contributed by atoms with E-state index in [0.29, 0.717) is 37.4 Å². The second-order valence-corrected chi connectivity index (χ2v) is 10.7. The van der Waals surface area contributed by atoms with Crippen LogP contribution in [0.15, 0.2) is 59.5 Å². The summed E-state index contributed by atoms with van der Waals surface area (Å²) in [6, 6.07) is 16.0. The average Bonchev–Trinajstić information content (AvgIpc) is 2.84. The molecule has 1 N–H and O–H groups in total. The lowest BCUT2D eigenvalue weighted by Crippen LogP contribution is -2.44. The molecule has 3 rings (SSSR count). The van der Waals surface area contributed by atoms with Crippen molar-refractivity contribution < 1.29 is 18.0 Å². The van der Waals surface area contributed by atoms with E-state index in [0.717, 1.165) is 18.4 Å². The molecule has 178 valence electrons. The summed E-state index contributed by atoms with van der Waals surface area (Å²) in [6.07, 6.45) is 2.91. The second kappa shape index (κ2) is 11.1. The van der Waals surface area contributed by atoms with Crippen molar-refractivity contribution in [1.29, 1.82) is 0 Å². The molecule has 33 heavy (non-hydrogen) atoms. The van der Waals surface area contributed by atoms with Crippen molar-refractivity contribution >= 4 is 21.7 Å². The monoisotopic (exact) mass is 470 g/mol. The number of nitrogens with one attached hydrogen (secondary N) is 1. The first kappa shape index (κ1) is 25.1. The lowest BCUT2D eigenvalue weighted by atomic mass is 9.87. The van der Waals surface area contributed by atoms with Gasteiger partial charge in [0.25, 0.3) is 0 Å². The maximum atomic E-state index is 13.1. The molecule has 1 amide bonds. The van der Waals surface area contributed by atoms with Gasteiger partial charge in [-0.1, -0.05) is 69.2 Å². The lowest BCUT2D eigenvalue weighted by molar-refractivity contribution is -0.127. The van der Waals surface area contributed by atoms with Gasteiger partial charge in [0.2, 0.25) is 15.9 Å².